The van der Waals surface area contributed by atoms with Gasteiger partial charge in [0.1, 0.15) is 0 Å². The number of ether oxygens (including phenoxy) is 1. The van der Waals surface area contributed by atoms with E-state index in [4.69, 9.17) is 4.74 Å². The molecule has 0 aromatic heterocycles. The van der Waals surface area contributed by atoms with Gasteiger partial charge in [0.25, 0.3) is 0 Å². The van der Waals surface area contributed by atoms with Crippen molar-refractivity contribution < 1.29 is 9.53 Å². The monoisotopic (exact) mass is 266 g/mol. The smallest absolute Gasteiger partial charge is 0.302 e. The first-order valence-corrected chi connectivity index (χ1v) is 7.70. The maximum atomic E-state index is 10.5. The van der Waals surface area contributed by atoms with Gasteiger partial charge in [0.15, 0.2) is 0 Å². The molecule has 2 nitrogen and oxygen atoms in total. The number of allylic oxidation sites excluding steroid dienone is 4. The number of carbonyl (C=O) groups excluding carboxylic acids is 1. The first-order chi connectivity index (χ1) is 9.27. The van der Waals surface area contributed by atoms with E-state index in [9.17, 15) is 4.79 Å². The quantitative estimate of drug-likeness (QED) is 0.276. The van der Waals surface area contributed by atoms with Crippen LogP contribution in [0.2, 0.25) is 0 Å². The number of unbranched alkanes of at least 4 members (excludes halogenated alkanes) is 6. The van der Waals surface area contributed by atoms with Crippen LogP contribution in [0.3, 0.4) is 0 Å². The predicted octanol–water partition coefficient (Wildman–Crippen LogP) is 5.19. The topological polar surface area (TPSA) is 26.3 Å². The van der Waals surface area contributed by atoms with Gasteiger partial charge in [-0.3, -0.25) is 4.79 Å². The molecule has 0 amide bonds. The predicted molar refractivity (Wildman–Crippen MR) is 82.1 cm³/mol. The largest absolute Gasteiger partial charge is 0.466 e. The van der Waals surface area contributed by atoms with E-state index in [0.717, 1.165) is 19.3 Å². The van der Waals surface area contributed by atoms with Crippen LogP contribution in [0.1, 0.15) is 71.6 Å². The second-order valence-corrected chi connectivity index (χ2v) is 4.85. The number of hydrogen-bond acceptors (Lipinski definition) is 2. The molecule has 0 aromatic carbocycles. The fourth-order valence-corrected chi connectivity index (χ4v) is 1.75. The number of carbonyl (C=O) groups is 1. The Balaban J connectivity index is 3.15. The van der Waals surface area contributed by atoms with Crippen LogP contribution in [-0.2, 0) is 9.53 Å². The molecule has 0 bridgehead atoms. The normalized spacial score (nSPS) is 11.5. The highest BCUT2D eigenvalue weighted by molar-refractivity contribution is 5.65. The lowest BCUT2D eigenvalue weighted by molar-refractivity contribution is -0.141. The fourth-order valence-electron chi connectivity index (χ4n) is 1.75. The Labute approximate surface area is 118 Å². The molecule has 0 aromatic rings. The SMILES string of the molecule is CCC/C=C\CCC/C=C/CCCCCOC(C)=O. The van der Waals surface area contributed by atoms with Gasteiger partial charge in [0.2, 0.25) is 0 Å². The maximum Gasteiger partial charge on any atom is 0.302 e. The van der Waals surface area contributed by atoms with Crippen molar-refractivity contribution in [2.45, 2.75) is 71.6 Å². The van der Waals surface area contributed by atoms with Crippen molar-refractivity contribution in [3.8, 4) is 0 Å². The molecule has 0 unspecified atom stereocenters. The molecule has 0 rings (SSSR count). The summed E-state index contributed by atoms with van der Waals surface area (Å²) in [6.07, 6.45) is 19.7. The average molecular weight is 266 g/mol. The summed E-state index contributed by atoms with van der Waals surface area (Å²) in [7, 11) is 0. The minimum atomic E-state index is -0.173. The summed E-state index contributed by atoms with van der Waals surface area (Å²) >= 11 is 0. The summed E-state index contributed by atoms with van der Waals surface area (Å²) in [6, 6.07) is 0. The van der Waals surface area contributed by atoms with Gasteiger partial charge in [0, 0.05) is 6.92 Å². The van der Waals surface area contributed by atoms with E-state index < -0.39 is 0 Å². The zero-order valence-electron chi connectivity index (χ0n) is 12.7. The van der Waals surface area contributed by atoms with Gasteiger partial charge in [-0.15, -0.1) is 0 Å². The molecule has 0 radical (unpaired) electrons. The Morgan fingerprint density at radius 2 is 1.42 bits per heavy atom. The fraction of sp³-hybridized carbons (Fsp3) is 0.706. The van der Waals surface area contributed by atoms with E-state index >= 15 is 0 Å². The first kappa shape index (κ1) is 17.9. The van der Waals surface area contributed by atoms with E-state index in [-0.39, 0.29) is 5.97 Å². The lowest BCUT2D eigenvalue weighted by Gasteiger charge is -2.00. The minimum Gasteiger partial charge on any atom is -0.466 e. The Morgan fingerprint density at radius 1 is 0.842 bits per heavy atom. The molecule has 0 saturated carbocycles. The molecule has 2 heteroatoms. The number of rotatable bonds is 12. The second-order valence-electron chi connectivity index (χ2n) is 4.85. The van der Waals surface area contributed by atoms with E-state index in [2.05, 4.69) is 31.2 Å². The van der Waals surface area contributed by atoms with Crippen LogP contribution >= 0.6 is 0 Å². The van der Waals surface area contributed by atoms with Crippen LogP contribution in [0.15, 0.2) is 24.3 Å². The van der Waals surface area contributed by atoms with Crippen molar-refractivity contribution in [3.63, 3.8) is 0 Å². The van der Waals surface area contributed by atoms with Crippen LogP contribution in [-0.4, -0.2) is 12.6 Å². The standard InChI is InChI=1S/C17H30O2/c1-3-4-5-6-7-8-9-10-11-12-13-14-15-16-19-17(2)18/h5-6,10-11H,3-4,7-9,12-16H2,1-2H3/b6-5-,11-10+. The first-order valence-electron chi connectivity index (χ1n) is 7.70. The third-order valence-electron chi connectivity index (χ3n) is 2.85. The van der Waals surface area contributed by atoms with Crippen molar-refractivity contribution in [2.75, 3.05) is 6.61 Å². The van der Waals surface area contributed by atoms with Crippen molar-refractivity contribution >= 4 is 5.97 Å². The van der Waals surface area contributed by atoms with Gasteiger partial charge in [0.05, 0.1) is 6.61 Å². The van der Waals surface area contributed by atoms with Gasteiger partial charge in [-0.25, -0.2) is 0 Å². The summed E-state index contributed by atoms with van der Waals surface area (Å²) in [4.78, 5) is 10.5. The lowest BCUT2D eigenvalue weighted by atomic mass is 10.1. The maximum absolute atomic E-state index is 10.5. The van der Waals surface area contributed by atoms with Gasteiger partial charge in [-0.05, 0) is 51.4 Å². The molecular formula is C17H30O2. The van der Waals surface area contributed by atoms with E-state index in [1.165, 1.54) is 45.4 Å². The van der Waals surface area contributed by atoms with Gasteiger partial charge in [-0.1, -0.05) is 37.6 Å². The van der Waals surface area contributed by atoms with Gasteiger partial charge >= 0.3 is 5.97 Å². The Hall–Kier alpha value is -1.05. The molecule has 0 spiro atoms. The van der Waals surface area contributed by atoms with E-state index in [1.807, 2.05) is 0 Å². The highest BCUT2D eigenvalue weighted by Crippen LogP contribution is 2.04. The van der Waals surface area contributed by atoms with Gasteiger partial charge in [-0.2, -0.15) is 0 Å². The van der Waals surface area contributed by atoms with Crippen molar-refractivity contribution in [1.82, 2.24) is 0 Å². The van der Waals surface area contributed by atoms with Crippen LogP contribution in [0.5, 0.6) is 0 Å². The Bertz CT molecular complexity index is 254. The third-order valence-corrected chi connectivity index (χ3v) is 2.85. The summed E-state index contributed by atoms with van der Waals surface area (Å²) in [5.74, 6) is -0.173. The molecule has 0 heterocycles. The van der Waals surface area contributed by atoms with Crippen LogP contribution in [0, 0.1) is 0 Å². The number of esters is 1. The third kappa shape index (κ3) is 16.9. The zero-order chi connectivity index (χ0) is 14.2. The Kier molecular flexibility index (Phi) is 14.2. The van der Waals surface area contributed by atoms with Crippen LogP contribution in [0.4, 0.5) is 0 Å². The lowest BCUT2D eigenvalue weighted by Crippen LogP contribution is -1.99. The molecule has 0 fully saturated rings. The zero-order valence-corrected chi connectivity index (χ0v) is 12.7. The average Bonchev–Trinajstić information content (AvgIpc) is 2.39. The van der Waals surface area contributed by atoms with E-state index in [0.29, 0.717) is 6.61 Å². The minimum absolute atomic E-state index is 0.173. The van der Waals surface area contributed by atoms with Crippen molar-refractivity contribution in [1.29, 1.82) is 0 Å². The molecular weight excluding hydrogens is 236 g/mol. The van der Waals surface area contributed by atoms with Crippen LogP contribution < -0.4 is 0 Å². The molecule has 0 atom stereocenters. The van der Waals surface area contributed by atoms with Crippen molar-refractivity contribution in [2.24, 2.45) is 0 Å². The molecule has 0 aliphatic heterocycles. The summed E-state index contributed by atoms with van der Waals surface area (Å²) in [5.41, 5.74) is 0. The highest BCUT2D eigenvalue weighted by Gasteiger charge is 1.92. The number of hydrogen-bond donors (Lipinski definition) is 0. The summed E-state index contributed by atoms with van der Waals surface area (Å²) in [5, 5.41) is 0. The molecule has 19 heavy (non-hydrogen) atoms. The summed E-state index contributed by atoms with van der Waals surface area (Å²) in [6.45, 7) is 4.24. The highest BCUT2D eigenvalue weighted by atomic mass is 16.5. The molecule has 0 saturated heterocycles. The van der Waals surface area contributed by atoms with Crippen molar-refractivity contribution in [3.05, 3.63) is 24.3 Å². The van der Waals surface area contributed by atoms with Gasteiger partial charge < -0.3 is 4.74 Å². The second kappa shape index (κ2) is 15.0. The summed E-state index contributed by atoms with van der Waals surface area (Å²) < 4.78 is 4.88. The molecule has 110 valence electrons. The van der Waals surface area contributed by atoms with Crippen LogP contribution in [0.25, 0.3) is 0 Å². The molecule has 0 aliphatic carbocycles. The molecule has 0 N–H and O–H groups in total. The molecule has 0 aliphatic rings. The van der Waals surface area contributed by atoms with E-state index in [1.54, 1.807) is 0 Å². The Morgan fingerprint density at radius 3 is 2.00 bits per heavy atom.